The molecule has 0 unspecified atom stereocenters. The number of aromatic nitrogens is 4. The summed E-state index contributed by atoms with van der Waals surface area (Å²) in [6.45, 7) is 0. The number of thioether (sulfide) groups is 1. The van der Waals surface area contributed by atoms with Crippen LogP contribution in [0.25, 0.3) is 26.8 Å². The van der Waals surface area contributed by atoms with Crippen LogP contribution in [-0.2, 0) is 18.6 Å². The summed E-state index contributed by atoms with van der Waals surface area (Å²) in [7, 11) is 1.58. The molecule has 7 nitrogen and oxygen atoms in total. The molecule has 34 heavy (non-hydrogen) atoms. The minimum atomic E-state index is -0.177. The first-order valence-electron chi connectivity index (χ1n) is 11.0. The molecule has 0 atom stereocenters. The molecule has 1 N–H and O–H groups in total. The zero-order valence-electron chi connectivity index (χ0n) is 18.3. The van der Waals surface area contributed by atoms with E-state index >= 15 is 0 Å². The Balaban J connectivity index is 1.45. The summed E-state index contributed by atoms with van der Waals surface area (Å²) >= 11 is 2.98. The maximum Gasteiger partial charge on any atom is 0.266 e. The Labute approximate surface area is 202 Å². The highest BCUT2D eigenvalue weighted by Crippen LogP contribution is 2.35. The molecule has 1 aliphatic rings. The van der Waals surface area contributed by atoms with Gasteiger partial charge in [0.2, 0.25) is 0 Å². The zero-order chi connectivity index (χ0) is 23.2. The molecular formula is C25H20N4O3S2. The quantitative estimate of drug-likeness (QED) is 0.290. The molecule has 9 heteroatoms. The third-order valence-electron chi connectivity index (χ3n) is 6.03. The van der Waals surface area contributed by atoms with E-state index in [4.69, 9.17) is 14.7 Å². The predicted molar refractivity (Wildman–Crippen MR) is 136 cm³/mol. The number of nitrogens with one attached hydrogen (secondary N) is 1. The predicted octanol–water partition coefficient (Wildman–Crippen LogP) is 4.47. The highest BCUT2D eigenvalue weighted by Gasteiger charge is 2.22. The summed E-state index contributed by atoms with van der Waals surface area (Å²) in [6.07, 6.45) is 3.06. The molecule has 0 amide bonds. The van der Waals surface area contributed by atoms with Gasteiger partial charge in [0, 0.05) is 4.88 Å². The molecule has 0 spiro atoms. The molecule has 0 saturated heterocycles. The molecule has 3 aromatic heterocycles. The molecule has 0 aliphatic heterocycles. The first-order chi connectivity index (χ1) is 16.6. The van der Waals surface area contributed by atoms with E-state index in [2.05, 4.69) is 4.98 Å². The number of rotatable bonds is 5. The average molecular weight is 489 g/mol. The lowest BCUT2D eigenvalue weighted by Gasteiger charge is -2.15. The number of fused-ring (bicyclic) bond motifs is 4. The Morgan fingerprint density at radius 3 is 2.79 bits per heavy atom. The van der Waals surface area contributed by atoms with E-state index in [-0.39, 0.29) is 11.1 Å². The van der Waals surface area contributed by atoms with Gasteiger partial charge in [-0.1, -0.05) is 36.0 Å². The zero-order valence-corrected chi connectivity index (χ0v) is 20.0. The van der Waals surface area contributed by atoms with Crippen LogP contribution in [0.2, 0.25) is 0 Å². The van der Waals surface area contributed by atoms with Gasteiger partial charge in [-0.3, -0.25) is 14.2 Å². The van der Waals surface area contributed by atoms with Crippen molar-refractivity contribution in [3.05, 3.63) is 85.5 Å². The second-order valence-corrected chi connectivity index (χ2v) is 10.1. The molecular weight excluding hydrogens is 468 g/mol. The van der Waals surface area contributed by atoms with Crippen LogP contribution in [0.4, 0.5) is 0 Å². The Hall–Kier alpha value is -3.43. The Morgan fingerprint density at radius 2 is 1.91 bits per heavy atom. The molecule has 0 radical (unpaired) electrons. The molecule has 0 bridgehead atoms. The van der Waals surface area contributed by atoms with Gasteiger partial charge in [-0.15, -0.1) is 11.3 Å². The lowest BCUT2D eigenvalue weighted by atomic mass is 10.2. The minimum Gasteiger partial charge on any atom is -0.495 e. The molecule has 1 aliphatic carbocycles. The molecule has 2 aromatic carbocycles. The summed E-state index contributed by atoms with van der Waals surface area (Å²) in [6, 6.07) is 14.6. The SMILES string of the molecule is COc1ccccc1-n1c(SCc2nc3sc4c(c3c(=O)[nH]2)CCC4)nc2ccccc2c1=O. The van der Waals surface area contributed by atoms with Crippen LogP contribution >= 0.6 is 23.1 Å². The van der Waals surface area contributed by atoms with Crippen molar-refractivity contribution in [3.63, 3.8) is 0 Å². The lowest BCUT2D eigenvalue weighted by Crippen LogP contribution is -2.22. The fraction of sp³-hybridized carbons (Fsp3) is 0.200. The van der Waals surface area contributed by atoms with E-state index in [0.29, 0.717) is 39.1 Å². The van der Waals surface area contributed by atoms with Gasteiger partial charge < -0.3 is 9.72 Å². The molecule has 170 valence electrons. The van der Waals surface area contributed by atoms with E-state index in [1.807, 2.05) is 42.5 Å². The summed E-state index contributed by atoms with van der Waals surface area (Å²) < 4.78 is 7.09. The number of nitrogens with zero attached hydrogens (tertiary/aromatic N) is 3. The number of hydrogen-bond donors (Lipinski definition) is 1. The molecule has 3 heterocycles. The van der Waals surface area contributed by atoms with Crippen LogP contribution in [0.15, 0.2) is 63.3 Å². The molecule has 0 saturated carbocycles. The fourth-order valence-corrected chi connectivity index (χ4v) is 6.64. The van der Waals surface area contributed by atoms with Crippen LogP contribution in [0.5, 0.6) is 5.75 Å². The van der Waals surface area contributed by atoms with Crippen LogP contribution in [0.3, 0.4) is 0 Å². The highest BCUT2D eigenvalue weighted by atomic mass is 32.2. The third-order valence-corrected chi connectivity index (χ3v) is 8.17. The van der Waals surface area contributed by atoms with Crippen molar-refractivity contribution in [1.82, 2.24) is 19.5 Å². The average Bonchev–Trinajstić information content (AvgIpc) is 3.44. The van der Waals surface area contributed by atoms with E-state index in [1.165, 1.54) is 16.6 Å². The van der Waals surface area contributed by atoms with Gasteiger partial charge in [0.05, 0.1) is 34.8 Å². The van der Waals surface area contributed by atoms with E-state index in [0.717, 1.165) is 35.0 Å². The Bertz CT molecular complexity index is 1690. The smallest absolute Gasteiger partial charge is 0.266 e. The van der Waals surface area contributed by atoms with Crippen molar-refractivity contribution in [2.45, 2.75) is 30.2 Å². The first kappa shape index (κ1) is 21.1. The maximum absolute atomic E-state index is 13.5. The number of thiophene rings is 1. The van der Waals surface area contributed by atoms with Crippen molar-refractivity contribution in [2.24, 2.45) is 0 Å². The van der Waals surface area contributed by atoms with Crippen molar-refractivity contribution >= 4 is 44.2 Å². The van der Waals surface area contributed by atoms with E-state index in [9.17, 15) is 9.59 Å². The van der Waals surface area contributed by atoms with Gasteiger partial charge in [0.1, 0.15) is 16.4 Å². The van der Waals surface area contributed by atoms with Gasteiger partial charge in [0.25, 0.3) is 11.1 Å². The van der Waals surface area contributed by atoms with Crippen molar-refractivity contribution in [3.8, 4) is 11.4 Å². The monoisotopic (exact) mass is 488 g/mol. The van der Waals surface area contributed by atoms with Crippen molar-refractivity contribution < 1.29 is 4.74 Å². The summed E-state index contributed by atoms with van der Waals surface area (Å²) in [5.41, 5.74) is 2.13. The third kappa shape index (κ3) is 3.43. The number of para-hydroxylation sites is 3. The van der Waals surface area contributed by atoms with Crippen LogP contribution in [0, 0.1) is 0 Å². The van der Waals surface area contributed by atoms with E-state index in [1.54, 1.807) is 29.1 Å². The molecule has 5 aromatic rings. The second kappa shape index (κ2) is 8.41. The number of H-pyrrole nitrogens is 1. The van der Waals surface area contributed by atoms with E-state index < -0.39 is 0 Å². The summed E-state index contributed by atoms with van der Waals surface area (Å²) in [5, 5.41) is 1.77. The van der Waals surface area contributed by atoms with Crippen molar-refractivity contribution in [2.75, 3.05) is 7.11 Å². The number of methoxy groups -OCH3 is 1. The van der Waals surface area contributed by atoms with Gasteiger partial charge >= 0.3 is 0 Å². The van der Waals surface area contributed by atoms with Gasteiger partial charge in [-0.2, -0.15) is 0 Å². The number of benzene rings is 2. The van der Waals surface area contributed by atoms with Gasteiger partial charge in [-0.05, 0) is 49.1 Å². The van der Waals surface area contributed by atoms with Crippen LogP contribution < -0.4 is 15.9 Å². The summed E-state index contributed by atoms with van der Waals surface area (Å²) in [4.78, 5) is 40.9. The normalized spacial score (nSPS) is 13.0. The molecule has 6 rings (SSSR count). The second-order valence-electron chi connectivity index (χ2n) is 8.06. The largest absolute Gasteiger partial charge is 0.495 e. The number of aryl methyl sites for hydroxylation is 2. The number of ether oxygens (including phenoxy) is 1. The first-order valence-corrected chi connectivity index (χ1v) is 12.8. The van der Waals surface area contributed by atoms with Crippen LogP contribution in [-0.4, -0.2) is 26.6 Å². The Kier molecular flexibility index (Phi) is 5.23. The topological polar surface area (TPSA) is 89.9 Å². The fourth-order valence-electron chi connectivity index (χ4n) is 4.48. The lowest BCUT2D eigenvalue weighted by molar-refractivity contribution is 0.411. The maximum atomic E-state index is 13.5. The van der Waals surface area contributed by atoms with Crippen LogP contribution in [0.1, 0.15) is 22.7 Å². The minimum absolute atomic E-state index is 0.0893. The number of aromatic amines is 1. The standard InChI is InChI=1S/C25H20N4O3S2/c1-32-18-11-5-4-10-17(18)29-24(31)14-7-2-3-9-16(14)26-25(29)33-13-20-27-22(30)21-15-8-6-12-19(15)34-23(21)28-20/h2-5,7,9-11H,6,8,12-13H2,1H3,(H,27,28,30). The molecule has 0 fully saturated rings. The van der Waals surface area contributed by atoms with Gasteiger partial charge in [0.15, 0.2) is 5.16 Å². The Morgan fingerprint density at radius 1 is 1.09 bits per heavy atom. The van der Waals surface area contributed by atoms with Crippen molar-refractivity contribution in [1.29, 1.82) is 0 Å². The highest BCUT2D eigenvalue weighted by molar-refractivity contribution is 7.98. The van der Waals surface area contributed by atoms with Gasteiger partial charge in [-0.25, -0.2) is 9.97 Å². The summed E-state index contributed by atoms with van der Waals surface area (Å²) in [5.74, 6) is 1.51. The number of hydrogen-bond acceptors (Lipinski definition) is 7.